The maximum absolute atomic E-state index is 13.8. The smallest absolute Gasteiger partial charge is 0.149 e. The topological polar surface area (TPSA) is 42.7 Å². The van der Waals surface area contributed by atoms with Crippen LogP contribution in [0.15, 0.2) is 18.3 Å². The molecule has 0 radical (unpaired) electrons. The number of hydrogen-bond acceptors (Lipinski definition) is 3. The van der Waals surface area contributed by atoms with Crippen molar-refractivity contribution in [2.24, 2.45) is 0 Å². The first-order chi connectivity index (χ1) is 8.63. The minimum atomic E-state index is -0.517. The molecule has 0 atom stereocenters. The van der Waals surface area contributed by atoms with Gasteiger partial charge in [0, 0.05) is 12.6 Å². The fourth-order valence-corrected chi connectivity index (χ4v) is 1.63. The Kier molecular flexibility index (Phi) is 3.66. The standard InChI is InChI=1S/C12H14F2N4/c1-3-15-6-9-7-16-17-18(9)12-5-10(13)8(2)4-11(12)14/h4-5,7,15H,3,6H2,1-2H3. The average molecular weight is 252 g/mol. The Balaban J connectivity index is 2.42. The highest BCUT2D eigenvalue weighted by atomic mass is 19.1. The minimum Gasteiger partial charge on any atom is -0.311 e. The molecular weight excluding hydrogens is 238 g/mol. The van der Waals surface area contributed by atoms with Gasteiger partial charge in [0.05, 0.1) is 11.9 Å². The van der Waals surface area contributed by atoms with E-state index in [2.05, 4.69) is 15.6 Å². The number of aromatic nitrogens is 3. The van der Waals surface area contributed by atoms with Crippen LogP contribution in [0.25, 0.3) is 5.69 Å². The summed E-state index contributed by atoms with van der Waals surface area (Å²) >= 11 is 0. The lowest BCUT2D eigenvalue weighted by atomic mass is 10.2. The van der Waals surface area contributed by atoms with Crippen LogP contribution in [-0.2, 0) is 6.54 Å². The zero-order valence-electron chi connectivity index (χ0n) is 10.2. The second-order valence-electron chi connectivity index (χ2n) is 3.97. The third kappa shape index (κ3) is 2.38. The van der Waals surface area contributed by atoms with E-state index in [1.165, 1.54) is 17.8 Å². The Morgan fingerprint density at radius 3 is 2.78 bits per heavy atom. The second-order valence-corrected chi connectivity index (χ2v) is 3.97. The number of nitrogens with one attached hydrogen (secondary N) is 1. The predicted octanol–water partition coefficient (Wildman–Crippen LogP) is 1.96. The van der Waals surface area contributed by atoms with Crippen molar-refractivity contribution in [1.82, 2.24) is 20.3 Å². The van der Waals surface area contributed by atoms with Gasteiger partial charge in [-0.15, -0.1) is 5.10 Å². The molecule has 2 rings (SSSR count). The third-order valence-electron chi connectivity index (χ3n) is 2.63. The Bertz CT molecular complexity index is 551. The molecule has 4 nitrogen and oxygen atoms in total. The summed E-state index contributed by atoms with van der Waals surface area (Å²) in [5.41, 5.74) is 1.02. The highest BCUT2D eigenvalue weighted by molar-refractivity contribution is 5.37. The Morgan fingerprint density at radius 2 is 2.06 bits per heavy atom. The van der Waals surface area contributed by atoms with Gasteiger partial charge in [-0.3, -0.25) is 0 Å². The largest absolute Gasteiger partial charge is 0.311 e. The summed E-state index contributed by atoms with van der Waals surface area (Å²) in [4.78, 5) is 0. The summed E-state index contributed by atoms with van der Waals surface area (Å²) in [5.74, 6) is -0.978. The number of nitrogens with zero attached hydrogens (tertiary/aromatic N) is 3. The van der Waals surface area contributed by atoms with Gasteiger partial charge in [0.2, 0.25) is 0 Å². The number of benzene rings is 1. The van der Waals surface area contributed by atoms with Crippen molar-refractivity contribution >= 4 is 0 Å². The van der Waals surface area contributed by atoms with E-state index in [0.29, 0.717) is 12.2 Å². The molecule has 0 spiro atoms. The Morgan fingerprint density at radius 1 is 1.28 bits per heavy atom. The highest BCUT2D eigenvalue weighted by Gasteiger charge is 2.13. The van der Waals surface area contributed by atoms with Crippen molar-refractivity contribution in [2.45, 2.75) is 20.4 Å². The maximum atomic E-state index is 13.8. The van der Waals surface area contributed by atoms with E-state index < -0.39 is 11.6 Å². The van der Waals surface area contributed by atoms with Crippen LogP contribution in [0.4, 0.5) is 8.78 Å². The van der Waals surface area contributed by atoms with Crippen molar-refractivity contribution < 1.29 is 8.78 Å². The molecule has 1 N–H and O–H groups in total. The molecule has 1 aromatic heterocycles. The molecule has 2 aromatic rings. The van der Waals surface area contributed by atoms with Crippen LogP contribution < -0.4 is 5.32 Å². The van der Waals surface area contributed by atoms with Gasteiger partial charge < -0.3 is 5.32 Å². The quantitative estimate of drug-likeness (QED) is 0.904. The lowest BCUT2D eigenvalue weighted by molar-refractivity contribution is 0.571. The summed E-state index contributed by atoms with van der Waals surface area (Å²) in [6.07, 6.45) is 1.53. The Labute approximate surface area is 104 Å². The van der Waals surface area contributed by atoms with E-state index in [9.17, 15) is 8.78 Å². The molecule has 0 aliphatic rings. The monoisotopic (exact) mass is 252 g/mol. The van der Waals surface area contributed by atoms with Gasteiger partial charge in [0.1, 0.15) is 17.3 Å². The first-order valence-electron chi connectivity index (χ1n) is 5.69. The summed E-state index contributed by atoms with van der Waals surface area (Å²) in [7, 11) is 0. The number of hydrogen-bond donors (Lipinski definition) is 1. The minimum absolute atomic E-state index is 0.0727. The van der Waals surface area contributed by atoms with Crippen LogP contribution in [0.5, 0.6) is 0 Å². The van der Waals surface area contributed by atoms with Crippen molar-refractivity contribution in [2.75, 3.05) is 6.54 Å². The van der Waals surface area contributed by atoms with Gasteiger partial charge in [-0.1, -0.05) is 12.1 Å². The number of aryl methyl sites for hydroxylation is 1. The average Bonchev–Trinajstić information content (AvgIpc) is 2.79. The fourth-order valence-electron chi connectivity index (χ4n) is 1.63. The molecule has 0 saturated carbocycles. The molecule has 18 heavy (non-hydrogen) atoms. The van der Waals surface area contributed by atoms with Crippen LogP contribution in [0.1, 0.15) is 18.2 Å². The van der Waals surface area contributed by atoms with Crippen molar-refractivity contribution in [3.63, 3.8) is 0 Å². The maximum Gasteiger partial charge on any atom is 0.149 e. The summed E-state index contributed by atoms with van der Waals surface area (Å²) < 4.78 is 28.6. The molecule has 0 fully saturated rings. The molecule has 1 aromatic carbocycles. The van der Waals surface area contributed by atoms with Gasteiger partial charge in [0.15, 0.2) is 0 Å². The lowest BCUT2D eigenvalue weighted by Gasteiger charge is -2.08. The molecular formula is C12H14F2N4. The van der Waals surface area contributed by atoms with Crippen molar-refractivity contribution in [3.8, 4) is 5.69 Å². The van der Waals surface area contributed by atoms with Crippen LogP contribution in [0.2, 0.25) is 0 Å². The van der Waals surface area contributed by atoms with Crippen molar-refractivity contribution in [1.29, 1.82) is 0 Å². The molecule has 1 heterocycles. The SMILES string of the molecule is CCNCc1cnnn1-c1cc(F)c(C)cc1F. The number of halogens is 2. The molecule has 0 aliphatic heterocycles. The summed E-state index contributed by atoms with van der Waals surface area (Å²) in [6, 6.07) is 2.29. The van der Waals surface area contributed by atoms with E-state index in [1.807, 2.05) is 6.92 Å². The van der Waals surface area contributed by atoms with Crippen LogP contribution in [0, 0.1) is 18.6 Å². The van der Waals surface area contributed by atoms with Crippen LogP contribution >= 0.6 is 0 Å². The molecule has 0 unspecified atom stereocenters. The van der Waals surface area contributed by atoms with Gasteiger partial charge in [0.25, 0.3) is 0 Å². The highest BCUT2D eigenvalue weighted by Crippen LogP contribution is 2.18. The van der Waals surface area contributed by atoms with Gasteiger partial charge in [-0.2, -0.15) is 0 Å². The van der Waals surface area contributed by atoms with E-state index in [1.54, 1.807) is 0 Å². The van der Waals surface area contributed by atoms with E-state index in [-0.39, 0.29) is 11.3 Å². The first-order valence-corrected chi connectivity index (χ1v) is 5.69. The second kappa shape index (κ2) is 5.22. The van der Waals surface area contributed by atoms with Crippen LogP contribution in [0.3, 0.4) is 0 Å². The molecule has 0 amide bonds. The van der Waals surface area contributed by atoms with Gasteiger partial charge in [-0.05, 0) is 25.1 Å². The molecule has 0 bridgehead atoms. The van der Waals surface area contributed by atoms with Crippen LogP contribution in [-0.4, -0.2) is 21.5 Å². The van der Waals surface area contributed by atoms with E-state index in [4.69, 9.17) is 0 Å². The molecule has 0 saturated heterocycles. The zero-order valence-corrected chi connectivity index (χ0v) is 10.2. The number of rotatable bonds is 4. The normalized spacial score (nSPS) is 10.9. The van der Waals surface area contributed by atoms with E-state index >= 15 is 0 Å². The Hall–Kier alpha value is -1.82. The fraction of sp³-hybridized carbons (Fsp3) is 0.333. The lowest BCUT2D eigenvalue weighted by Crippen LogP contribution is -2.16. The molecule has 0 aliphatic carbocycles. The van der Waals surface area contributed by atoms with Gasteiger partial charge in [-0.25, -0.2) is 13.5 Å². The summed E-state index contributed by atoms with van der Waals surface area (Å²) in [5, 5.41) is 10.6. The van der Waals surface area contributed by atoms with E-state index in [0.717, 1.165) is 18.7 Å². The third-order valence-corrected chi connectivity index (χ3v) is 2.63. The predicted molar refractivity (Wildman–Crippen MR) is 63.4 cm³/mol. The zero-order chi connectivity index (χ0) is 13.1. The summed E-state index contributed by atoms with van der Waals surface area (Å²) in [6.45, 7) is 4.75. The first kappa shape index (κ1) is 12.6. The van der Waals surface area contributed by atoms with Crippen molar-refractivity contribution in [3.05, 3.63) is 41.2 Å². The molecule has 96 valence electrons. The molecule has 6 heteroatoms. The van der Waals surface area contributed by atoms with Gasteiger partial charge >= 0.3 is 0 Å².